The van der Waals surface area contributed by atoms with Crippen LogP contribution in [0.1, 0.15) is 48.9 Å². The predicted molar refractivity (Wildman–Crippen MR) is 115 cm³/mol. The molecule has 144 valence electrons. The second-order valence-corrected chi connectivity index (χ2v) is 8.06. The second kappa shape index (κ2) is 7.31. The van der Waals surface area contributed by atoms with Crippen molar-refractivity contribution in [3.05, 3.63) is 70.8 Å². The van der Waals surface area contributed by atoms with Crippen LogP contribution in [0.25, 0.3) is 10.8 Å². The summed E-state index contributed by atoms with van der Waals surface area (Å²) in [6, 6.07) is 16.7. The van der Waals surface area contributed by atoms with Gasteiger partial charge in [-0.05, 0) is 72.4 Å². The highest BCUT2D eigenvalue weighted by atomic mass is 16.5. The van der Waals surface area contributed by atoms with Gasteiger partial charge < -0.3 is 10.1 Å². The Morgan fingerprint density at radius 1 is 1.00 bits per heavy atom. The van der Waals surface area contributed by atoms with Crippen LogP contribution in [0, 0.1) is 6.92 Å². The van der Waals surface area contributed by atoms with E-state index in [1.807, 2.05) is 26.0 Å². The smallest absolute Gasteiger partial charge is 0.265 e. The van der Waals surface area contributed by atoms with Gasteiger partial charge in [-0.3, -0.25) is 4.79 Å². The zero-order chi connectivity index (χ0) is 19.8. The normalized spacial score (nSPS) is 13.8. The minimum absolute atomic E-state index is 0.130. The summed E-state index contributed by atoms with van der Waals surface area (Å²) in [5.74, 6) is 0.996. The van der Waals surface area contributed by atoms with Crippen molar-refractivity contribution in [1.82, 2.24) is 0 Å². The third-order valence-corrected chi connectivity index (χ3v) is 5.60. The van der Waals surface area contributed by atoms with Crippen molar-refractivity contribution >= 4 is 22.4 Å². The van der Waals surface area contributed by atoms with E-state index in [2.05, 4.69) is 55.6 Å². The number of benzene rings is 3. The fourth-order valence-electron chi connectivity index (χ4n) is 4.05. The van der Waals surface area contributed by atoms with E-state index >= 15 is 0 Å². The lowest BCUT2D eigenvalue weighted by Crippen LogP contribution is -2.30. The molecule has 0 saturated heterocycles. The monoisotopic (exact) mass is 373 g/mol. The van der Waals surface area contributed by atoms with Gasteiger partial charge in [-0.2, -0.15) is 0 Å². The van der Waals surface area contributed by atoms with Crippen LogP contribution in [0.5, 0.6) is 5.75 Å². The fourth-order valence-corrected chi connectivity index (χ4v) is 4.05. The maximum absolute atomic E-state index is 12.9. The Labute approximate surface area is 166 Å². The van der Waals surface area contributed by atoms with E-state index < -0.39 is 6.10 Å². The van der Waals surface area contributed by atoms with E-state index in [-0.39, 0.29) is 5.91 Å². The van der Waals surface area contributed by atoms with Gasteiger partial charge in [0.15, 0.2) is 6.10 Å². The van der Waals surface area contributed by atoms with Crippen LogP contribution in [0.15, 0.2) is 48.5 Å². The van der Waals surface area contributed by atoms with Crippen LogP contribution in [-0.4, -0.2) is 12.0 Å². The van der Waals surface area contributed by atoms with Gasteiger partial charge in [0.1, 0.15) is 5.75 Å². The molecule has 1 amide bonds. The van der Waals surface area contributed by atoms with Crippen molar-refractivity contribution in [1.29, 1.82) is 0 Å². The molecule has 0 bridgehead atoms. The standard InChI is InChI=1S/C25H27NO2/c1-15(2)20-12-8-16(3)14-23(20)28-17(4)25(27)26-22-13-11-19-10-9-18-6-5-7-21(22)24(18)19/h5-8,11-15,17H,9-10H2,1-4H3,(H,26,27)/t17-/m1/s1. The molecule has 3 aromatic rings. The van der Waals surface area contributed by atoms with Gasteiger partial charge in [-0.15, -0.1) is 0 Å². The van der Waals surface area contributed by atoms with Crippen molar-refractivity contribution in [2.75, 3.05) is 5.32 Å². The van der Waals surface area contributed by atoms with Crippen LogP contribution in [0.4, 0.5) is 5.69 Å². The van der Waals surface area contributed by atoms with E-state index in [0.29, 0.717) is 5.92 Å². The van der Waals surface area contributed by atoms with E-state index in [0.717, 1.165) is 40.8 Å². The molecule has 1 atom stereocenters. The lowest BCUT2D eigenvalue weighted by molar-refractivity contribution is -0.122. The number of rotatable bonds is 5. The minimum atomic E-state index is -0.581. The molecule has 28 heavy (non-hydrogen) atoms. The zero-order valence-electron chi connectivity index (χ0n) is 17.0. The van der Waals surface area contributed by atoms with Gasteiger partial charge in [0, 0.05) is 11.1 Å². The molecule has 1 N–H and O–H groups in total. The van der Waals surface area contributed by atoms with Gasteiger partial charge in [0.25, 0.3) is 5.91 Å². The molecular weight excluding hydrogens is 346 g/mol. The average Bonchev–Trinajstić information content (AvgIpc) is 3.08. The number of anilines is 1. The SMILES string of the molecule is Cc1ccc(C(C)C)c(O[C@H](C)C(=O)Nc2ccc3c4c(cccc24)CC3)c1. The molecular formula is C25H27NO2. The molecule has 1 aliphatic rings. The summed E-state index contributed by atoms with van der Waals surface area (Å²) in [4.78, 5) is 12.9. The third-order valence-electron chi connectivity index (χ3n) is 5.60. The number of carbonyl (C=O) groups is 1. The Kier molecular flexibility index (Phi) is 4.84. The van der Waals surface area contributed by atoms with Crippen LogP contribution < -0.4 is 10.1 Å². The summed E-state index contributed by atoms with van der Waals surface area (Å²) < 4.78 is 6.08. The van der Waals surface area contributed by atoms with Gasteiger partial charge in [-0.25, -0.2) is 0 Å². The molecule has 4 rings (SSSR count). The molecule has 0 aromatic heterocycles. The summed E-state index contributed by atoms with van der Waals surface area (Å²) in [6.07, 6.45) is 1.58. The molecule has 3 aromatic carbocycles. The number of hydrogen-bond donors (Lipinski definition) is 1. The molecule has 0 saturated carbocycles. The lowest BCUT2D eigenvalue weighted by Gasteiger charge is -2.20. The number of ether oxygens (including phenoxy) is 1. The number of hydrogen-bond acceptors (Lipinski definition) is 2. The minimum Gasteiger partial charge on any atom is -0.481 e. The van der Waals surface area contributed by atoms with E-state index in [9.17, 15) is 4.79 Å². The van der Waals surface area contributed by atoms with Crippen molar-refractivity contribution in [2.24, 2.45) is 0 Å². The molecule has 1 aliphatic carbocycles. The average molecular weight is 373 g/mol. The maximum atomic E-state index is 12.9. The van der Waals surface area contributed by atoms with Crippen molar-refractivity contribution < 1.29 is 9.53 Å². The Balaban J connectivity index is 1.57. The Morgan fingerprint density at radius 2 is 1.75 bits per heavy atom. The van der Waals surface area contributed by atoms with E-state index in [1.54, 1.807) is 0 Å². The topological polar surface area (TPSA) is 38.3 Å². The molecule has 0 unspecified atom stereocenters. The molecule has 0 heterocycles. The van der Waals surface area contributed by atoms with Crippen LogP contribution in [0.2, 0.25) is 0 Å². The van der Waals surface area contributed by atoms with E-state index in [1.165, 1.54) is 16.5 Å². The van der Waals surface area contributed by atoms with Crippen molar-refractivity contribution in [2.45, 2.75) is 52.6 Å². The quantitative estimate of drug-likeness (QED) is 0.616. The fraction of sp³-hybridized carbons (Fsp3) is 0.320. The molecule has 0 fully saturated rings. The summed E-state index contributed by atoms with van der Waals surface area (Å²) in [5, 5.41) is 5.50. The Morgan fingerprint density at radius 3 is 2.50 bits per heavy atom. The van der Waals surface area contributed by atoms with Gasteiger partial charge in [0.2, 0.25) is 0 Å². The lowest BCUT2D eigenvalue weighted by atomic mass is 10.0. The van der Waals surface area contributed by atoms with Crippen molar-refractivity contribution in [3.8, 4) is 5.75 Å². The predicted octanol–water partition coefficient (Wildman–Crippen LogP) is 5.78. The summed E-state index contributed by atoms with van der Waals surface area (Å²) in [5.41, 5.74) is 5.84. The third kappa shape index (κ3) is 3.37. The first kappa shape index (κ1) is 18.5. The first-order valence-electron chi connectivity index (χ1n) is 10.1. The summed E-state index contributed by atoms with van der Waals surface area (Å²) >= 11 is 0. The Bertz CT molecular complexity index is 1040. The number of aryl methyl sites for hydroxylation is 3. The molecule has 3 nitrogen and oxygen atoms in total. The maximum Gasteiger partial charge on any atom is 0.265 e. The van der Waals surface area contributed by atoms with Crippen molar-refractivity contribution in [3.63, 3.8) is 0 Å². The number of amides is 1. The van der Waals surface area contributed by atoms with Gasteiger partial charge in [-0.1, -0.05) is 50.2 Å². The summed E-state index contributed by atoms with van der Waals surface area (Å²) in [6.45, 7) is 8.11. The Hall–Kier alpha value is -2.81. The van der Waals surface area contributed by atoms with Crippen LogP contribution >= 0.6 is 0 Å². The zero-order valence-corrected chi connectivity index (χ0v) is 17.0. The summed E-state index contributed by atoms with van der Waals surface area (Å²) in [7, 11) is 0. The molecule has 0 spiro atoms. The van der Waals surface area contributed by atoms with Gasteiger partial charge >= 0.3 is 0 Å². The van der Waals surface area contributed by atoms with E-state index in [4.69, 9.17) is 4.74 Å². The first-order valence-corrected chi connectivity index (χ1v) is 10.1. The number of nitrogens with one attached hydrogen (secondary N) is 1. The van der Waals surface area contributed by atoms with Crippen LogP contribution in [0.3, 0.4) is 0 Å². The molecule has 0 aliphatic heterocycles. The highest BCUT2D eigenvalue weighted by Crippen LogP contribution is 2.35. The second-order valence-electron chi connectivity index (χ2n) is 8.06. The highest BCUT2D eigenvalue weighted by molar-refractivity contribution is 6.06. The first-order chi connectivity index (χ1) is 13.4. The van der Waals surface area contributed by atoms with Crippen LogP contribution in [-0.2, 0) is 17.6 Å². The highest BCUT2D eigenvalue weighted by Gasteiger charge is 2.20. The largest absolute Gasteiger partial charge is 0.481 e. The van der Waals surface area contributed by atoms with Gasteiger partial charge in [0.05, 0.1) is 0 Å². The number of carbonyl (C=O) groups excluding carboxylic acids is 1. The molecule has 0 radical (unpaired) electrons. The molecule has 3 heteroatoms.